The van der Waals surface area contributed by atoms with Gasteiger partial charge in [0.1, 0.15) is 5.75 Å². The molecule has 0 unspecified atom stereocenters. The van der Waals surface area contributed by atoms with Crippen LogP contribution < -0.4 is 4.74 Å². The standard InChI is InChI=1S/C9H8ClO/c10-8-4-3-7-2-1-5-11-9(7)6-8/h2-4,6H,1,5H2. The summed E-state index contributed by atoms with van der Waals surface area (Å²) in [6.07, 6.45) is 3.16. The van der Waals surface area contributed by atoms with Crippen LogP contribution in [0.5, 0.6) is 5.75 Å². The maximum Gasteiger partial charge on any atom is 0.124 e. The SMILES string of the molecule is Clc1ccc2c(c1)OCC[CH]2. The molecule has 0 saturated heterocycles. The second-order valence-electron chi connectivity index (χ2n) is 2.52. The molecule has 1 aliphatic rings. The quantitative estimate of drug-likeness (QED) is 0.577. The van der Waals surface area contributed by atoms with Gasteiger partial charge in [0.25, 0.3) is 0 Å². The minimum atomic E-state index is 0.735. The Morgan fingerprint density at radius 3 is 3.18 bits per heavy atom. The number of fused-ring (bicyclic) bond motifs is 1. The highest BCUT2D eigenvalue weighted by Crippen LogP contribution is 2.28. The lowest BCUT2D eigenvalue weighted by atomic mass is 10.1. The van der Waals surface area contributed by atoms with E-state index in [1.807, 2.05) is 18.2 Å². The average molecular weight is 168 g/mol. The van der Waals surface area contributed by atoms with Crippen molar-refractivity contribution in [1.82, 2.24) is 0 Å². The number of ether oxygens (including phenoxy) is 1. The molecular weight excluding hydrogens is 160 g/mol. The van der Waals surface area contributed by atoms with Gasteiger partial charge in [0.15, 0.2) is 0 Å². The summed E-state index contributed by atoms with van der Waals surface area (Å²) >= 11 is 5.78. The highest BCUT2D eigenvalue weighted by molar-refractivity contribution is 6.30. The van der Waals surface area contributed by atoms with Crippen LogP contribution in [0, 0.1) is 6.42 Å². The molecule has 0 saturated carbocycles. The maximum absolute atomic E-state index is 5.78. The number of halogens is 1. The molecule has 0 N–H and O–H groups in total. The van der Waals surface area contributed by atoms with Crippen molar-refractivity contribution in [2.75, 3.05) is 6.61 Å². The van der Waals surface area contributed by atoms with Crippen LogP contribution in [0.1, 0.15) is 12.0 Å². The molecule has 0 fully saturated rings. The monoisotopic (exact) mass is 167 g/mol. The number of hydrogen-bond donors (Lipinski definition) is 0. The lowest BCUT2D eigenvalue weighted by Crippen LogP contribution is -2.06. The molecular formula is C9H8ClO. The van der Waals surface area contributed by atoms with Crippen molar-refractivity contribution in [3.05, 3.63) is 35.2 Å². The van der Waals surface area contributed by atoms with Gasteiger partial charge in [-0.05, 0) is 30.5 Å². The first kappa shape index (κ1) is 6.99. The Hall–Kier alpha value is -0.690. The van der Waals surface area contributed by atoms with E-state index in [9.17, 15) is 0 Å². The van der Waals surface area contributed by atoms with Crippen molar-refractivity contribution in [3.8, 4) is 5.75 Å². The molecule has 0 bridgehead atoms. The molecule has 1 nitrogen and oxygen atoms in total. The average Bonchev–Trinajstić information content (AvgIpc) is 2.04. The van der Waals surface area contributed by atoms with Gasteiger partial charge >= 0.3 is 0 Å². The molecule has 11 heavy (non-hydrogen) atoms. The highest BCUT2D eigenvalue weighted by atomic mass is 35.5. The Balaban J connectivity index is 2.43. The molecule has 0 aliphatic carbocycles. The maximum atomic E-state index is 5.78. The van der Waals surface area contributed by atoms with Crippen molar-refractivity contribution in [2.24, 2.45) is 0 Å². The third kappa shape index (κ3) is 1.33. The third-order valence-electron chi connectivity index (χ3n) is 1.72. The summed E-state index contributed by atoms with van der Waals surface area (Å²) in [6.45, 7) is 0.771. The van der Waals surface area contributed by atoms with Crippen LogP contribution in [0.15, 0.2) is 18.2 Å². The van der Waals surface area contributed by atoms with Gasteiger partial charge in [-0.1, -0.05) is 17.7 Å². The Morgan fingerprint density at radius 2 is 2.27 bits per heavy atom. The largest absolute Gasteiger partial charge is 0.493 e. The Kier molecular flexibility index (Phi) is 1.74. The number of benzene rings is 1. The van der Waals surface area contributed by atoms with E-state index in [2.05, 4.69) is 6.42 Å². The summed E-state index contributed by atoms with van der Waals surface area (Å²) in [5, 5.41) is 0.735. The molecule has 1 aliphatic heterocycles. The predicted octanol–water partition coefficient (Wildman–Crippen LogP) is 2.67. The van der Waals surface area contributed by atoms with Crippen LogP contribution in [0.4, 0.5) is 0 Å². The van der Waals surface area contributed by atoms with Gasteiger partial charge in [-0.2, -0.15) is 0 Å². The minimum absolute atomic E-state index is 0.735. The van der Waals surface area contributed by atoms with Gasteiger partial charge in [0, 0.05) is 5.02 Å². The first-order chi connectivity index (χ1) is 5.36. The summed E-state index contributed by atoms with van der Waals surface area (Å²) < 4.78 is 5.39. The fourth-order valence-corrected chi connectivity index (χ4v) is 1.35. The van der Waals surface area contributed by atoms with E-state index in [0.717, 1.165) is 29.4 Å². The molecule has 2 rings (SSSR count). The number of rotatable bonds is 0. The summed E-state index contributed by atoms with van der Waals surface area (Å²) in [7, 11) is 0. The smallest absolute Gasteiger partial charge is 0.124 e. The molecule has 2 heteroatoms. The van der Waals surface area contributed by atoms with E-state index >= 15 is 0 Å². The fraction of sp³-hybridized carbons (Fsp3) is 0.222. The molecule has 0 spiro atoms. The highest BCUT2D eigenvalue weighted by Gasteiger charge is 2.09. The van der Waals surface area contributed by atoms with Crippen molar-refractivity contribution in [2.45, 2.75) is 6.42 Å². The lowest BCUT2D eigenvalue weighted by Gasteiger charge is -2.16. The zero-order chi connectivity index (χ0) is 7.68. The van der Waals surface area contributed by atoms with Crippen LogP contribution in [-0.2, 0) is 0 Å². The van der Waals surface area contributed by atoms with E-state index in [4.69, 9.17) is 16.3 Å². The topological polar surface area (TPSA) is 9.23 Å². The summed E-state index contributed by atoms with van der Waals surface area (Å²) in [5.41, 5.74) is 1.15. The van der Waals surface area contributed by atoms with Gasteiger partial charge < -0.3 is 4.74 Å². The third-order valence-corrected chi connectivity index (χ3v) is 1.95. The summed E-state index contributed by atoms with van der Waals surface area (Å²) in [5.74, 6) is 0.906. The molecule has 0 atom stereocenters. The zero-order valence-electron chi connectivity index (χ0n) is 6.01. The second-order valence-corrected chi connectivity index (χ2v) is 2.96. The van der Waals surface area contributed by atoms with Crippen molar-refractivity contribution in [1.29, 1.82) is 0 Å². The molecule has 0 aromatic heterocycles. The van der Waals surface area contributed by atoms with Gasteiger partial charge in [-0.15, -0.1) is 0 Å². The molecule has 1 radical (unpaired) electrons. The van der Waals surface area contributed by atoms with Gasteiger partial charge in [0.2, 0.25) is 0 Å². The Labute approximate surface area is 70.9 Å². The van der Waals surface area contributed by atoms with Crippen molar-refractivity contribution >= 4 is 11.6 Å². The zero-order valence-corrected chi connectivity index (χ0v) is 6.77. The Bertz CT molecular complexity index is 270. The van der Waals surface area contributed by atoms with E-state index in [-0.39, 0.29) is 0 Å². The fourth-order valence-electron chi connectivity index (χ4n) is 1.19. The van der Waals surface area contributed by atoms with E-state index in [1.165, 1.54) is 0 Å². The predicted molar refractivity (Wildman–Crippen MR) is 45.0 cm³/mol. The van der Waals surface area contributed by atoms with Crippen LogP contribution in [0.3, 0.4) is 0 Å². The molecule has 1 aromatic carbocycles. The van der Waals surface area contributed by atoms with E-state index in [0.29, 0.717) is 0 Å². The molecule has 1 heterocycles. The second kappa shape index (κ2) is 2.74. The van der Waals surface area contributed by atoms with Crippen LogP contribution in [-0.4, -0.2) is 6.61 Å². The van der Waals surface area contributed by atoms with Gasteiger partial charge in [0.05, 0.1) is 6.61 Å². The summed E-state index contributed by atoms with van der Waals surface area (Å²) in [4.78, 5) is 0. The molecule has 0 amide bonds. The van der Waals surface area contributed by atoms with Crippen LogP contribution in [0.2, 0.25) is 5.02 Å². The minimum Gasteiger partial charge on any atom is -0.493 e. The normalized spacial score (nSPS) is 15.4. The van der Waals surface area contributed by atoms with E-state index in [1.54, 1.807) is 0 Å². The van der Waals surface area contributed by atoms with Crippen molar-refractivity contribution in [3.63, 3.8) is 0 Å². The number of hydrogen-bond acceptors (Lipinski definition) is 1. The Morgan fingerprint density at radius 1 is 1.36 bits per heavy atom. The van der Waals surface area contributed by atoms with E-state index < -0.39 is 0 Å². The molecule has 57 valence electrons. The summed E-state index contributed by atoms with van der Waals surface area (Å²) in [6, 6.07) is 5.72. The van der Waals surface area contributed by atoms with Crippen LogP contribution >= 0.6 is 11.6 Å². The van der Waals surface area contributed by atoms with Crippen molar-refractivity contribution < 1.29 is 4.74 Å². The first-order valence-corrected chi connectivity index (χ1v) is 3.99. The van der Waals surface area contributed by atoms with Crippen LogP contribution in [0.25, 0.3) is 0 Å². The first-order valence-electron chi connectivity index (χ1n) is 3.62. The lowest BCUT2D eigenvalue weighted by molar-refractivity contribution is 0.306. The van der Waals surface area contributed by atoms with Gasteiger partial charge in [-0.25, -0.2) is 0 Å². The van der Waals surface area contributed by atoms with Gasteiger partial charge in [-0.3, -0.25) is 0 Å². The molecule has 1 aromatic rings.